The number of H-pyrrole nitrogens is 2. The van der Waals surface area contributed by atoms with Crippen LogP contribution in [0.25, 0.3) is 56.5 Å². The van der Waals surface area contributed by atoms with Crippen LogP contribution in [0.5, 0.6) is 0 Å². The van der Waals surface area contributed by atoms with Gasteiger partial charge in [0.1, 0.15) is 0 Å². The third kappa shape index (κ3) is 4.03. The topological polar surface area (TPSA) is 57.4 Å². The Kier molecular flexibility index (Phi) is 5.55. The van der Waals surface area contributed by atoms with Crippen molar-refractivity contribution in [3.63, 3.8) is 0 Å². The van der Waals surface area contributed by atoms with Crippen molar-refractivity contribution in [3.8, 4) is 22.3 Å². The van der Waals surface area contributed by atoms with E-state index in [2.05, 4.69) is 107 Å². The van der Waals surface area contributed by atoms with Crippen molar-refractivity contribution in [3.05, 3.63) is 120 Å². The molecule has 0 fully saturated rings. The predicted molar refractivity (Wildman–Crippen MR) is 150 cm³/mol. The van der Waals surface area contributed by atoms with Gasteiger partial charge in [0.25, 0.3) is 0 Å². The van der Waals surface area contributed by atoms with Crippen LogP contribution in [-0.4, -0.2) is 19.9 Å². The van der Waals surface area contributed by atoms with Gasteiger partial charge in [0.05, 0.1) is 11.4 Å². The Hall–Kier alpha value is -4.70. The minimum absolute atomic E-state index is 0.922. The third-order valence-electron chi connectivity index (χ3n) is 6.57. The molecule has 0 atom stereocenters. The van der Waals surface area contributed by atoms with E-state index in [9.17, 15) is 0 Å². The molecule has 0 aliphatic carbocycles. The first-order valence-electron chi connectivity index (χ1n) is 12.1. The summed E-state index contributed by atoms with van der Waals surface area (Å²) in [6.45, 7) is 4.12. The van der Waals surface area contributed by atoms with Gasteiger partial charge in [-0.1, -0.05) is 60.7 Å². The second-order valence-electron chi connectivity index (χ2n) is 9.04. The molecule has 4 nitrogen and oxygen atoms in total. The van der Waals surface area contributed by atoms with Gasteiger partial charge in [0.2, 0.25) is 0 Å². The lowest BCUT2D eigenvalue weighted by Gasteiger charge is -2.04. The van der Waals surface area contributed by atoms with Crippen molar-refractivity contribution in [1.29, 1.82) is 0 Å². The average molecular weight is 467 g/mol. The van der Waals surface area contributed by atoms with Crippen molar-refractivity contribution in [2.75, 3.05) is 0 Å². The number of aryl methyl sites for hydroxylation is 2. The normalized spacial score (nSPS) is 11.5. The Balaban J connectivity index is 1.79. The molecule has 3 aromatic heterocycles. The molecule has 5 aromatic rings. The van der Waals surface area contributed by atoms with Crippen LogP contribution in [0.1, 0.15) is 22.5 Å². The van der Waals surface area contributed by atoms with Gasteiger partial charge in [0, 0.05) is 45.6 Å². The first-order valence-corrected chi connectivity index (χ1v) is 12.1. The summed E-state index contributed by atoms with van der Waals surface area (Å²) in [4.78, 5) is 16.9. The number of aromatic amines is 2. The summed E-state index contributed by atoms with van der Waals surface area (Å²) in [5.74, 6) is 0. The Bertz CT molecular complexity index is 1740. The number of rotatable bonds is 2. The fourth-order valence-electron chi connectivity index (χ4n) is 4.68. The molecule has 0 radical (unpaired) electrons. The van der Waals surface area contributed by atoms with Crippen molar-refractivity contribution in [1.82, 2.24) is 19.9 Å². The zero-order chi connectivity index (χ0) is 24.5. The summed E-state index contributed by atoms with van der Waals surface area (Å²) in [5, 5.41) is 0. The standard InChI is InChI=1S/C32H26N4/c1-21-19-33-20-22(2)26-14-16-28(35-26)32(24-11-7-4-8-12-24)30-18-17-29(36-30)31(23-9-5-3-6-10-23)27-15-13-25(21)34-27/h3-20,34,36H,1-2H3. The molecular formula is C32H26N4. The fourth-order valence-corrected chi connectivity index (χ4v) is 4.68. The van der Waals surface area contributed by atoms with Crippen LogP contribution in [0.15, 0.2) is 97.3 Å². The van der Waals surface area contributed by atoms with Crippen molar-refractivity contribution < 1.29 is 0 Å². The molecule has 6 bridgehead atoms. The highest BCUT2D eigenvalue weighted by atomic mass is 14.8. The molecule has 174 valence electrons. The van der Waals surface area contributed by atoms with E-state index in [1.165, 1.54) is 0 Å². The zero-order valence-corrected chi connectivity index (χ0v) is 20.3. The number of nitrogens with zero attached hydrogens (tertiary/aromatic N) is 2. The molecule has 0 unspecified atom stereocenters. The highest BCUT2D eigenvalue weighted by molar-refractivity contribution is 5.96. The van der Waals surface area contributed by atoms with Gasteiger partial charge in [-0.25, -0.2) is 4.98 Å². The molecule has 1 aliphatic heterocycles. The van der Waals surface area contributed by atoms with E-state index in [-0.39, 0.29) is 0 Å². The predicted octanol–water partition coefficient (Wildman–Crippen LogP) is 8.12. The van der Waals surface area contributed by atoms with E-state index in [1.807, 2.05) is 31.5 Å². The van der Waals surface area contributed by atoms with Gasteiger partial charge < -0.3 is 9.97 Å². The molecule has 2 aromatic carbocycles. The van der Waals surface area contributed by atoms with Crippen LogP contribution in [0.4, 0.5) is 0 Å². The Morgan fingerprint density at radius 3 is 1.67 bits per heavy atom. The molecule has 4 heteroatoms. The van der Waals surface area contributed by atoms with E-state index < -0.39 is 0 Å². The van der Waals surface area contributed by atoms with Crippen molar-refractivity contribution >= 4 is 34.2 Å². The molecule has 0 saturated carbocycles. The first-order chi connectivity index (χ1) is 17.7. The smallest absolute Gasteiger partial charge is 0.0737 e. The molecule has 2 N–H and O–H groups in total. The largest absolute Gasteiger partial charge is 0.355 e. The van der Waals surface area contributed by atoms with Gasteiger partial charge in [-0.3, -0.25) is 4.98 Å². The maximum Gasteiger partial charge on any atom is 0.0737 e. The van der Waals surface area contributed by atoms with Gasteiger partial charge in [-0.05, 0) is 72.5 Å². The molecule has 0 spiro atoms. The van der Waals surface area contributed by atoms with Gasteiger partial charge >= 0.3 is 0 Å². The minimum atomic E-state index is 0.922. The highest BCUT2D eigenvalue weighted by Crippen LogP contribution is 2.33. The quantitative estimate of drug-likeness (QED) is 0.271. The minimum Gasteiger partial charge on any atom is -0.355 e. The Morgan fingerprint density at radius 1 is 0.500 bits per heavy atom. The zero-order valence-electron chi connectivity index (χ0n) is 20.3. The van der Waals surface area contributed by atoms with Gasteiger partial charge in [-0.15, -0.1) is 0 Å². The van der Waals surface area contributed by atoms with Crippen LogP contribution in [0.2, 0.25) is 0 Å². The van der Waals surface area contributed by atoms with Gasteiger partial charge in [-0.2, -0.15) is 0 Å². The number of fused-ring (bicyclic) bond motifs is 6. The highest BCUT2D eigenvalue weighted by Gasteiger charge is 2.12. The molecule has 0 amide bonds. The summed E-state index contributed by atoms with van der Waals surface area (Å²) >= 11 is 0. The average Bonchev–Trinajstić information content (AvgIpc) is 3.68. The molecule has 0 saturated heterocycles. The van der Waals surface area contributed by atoms with Crippen LogP contribution >= 0.6 is 0 Å². The lowest BCUT2D eigenvalue weighted by atomic mass is 10.0. The van der Waals surface area contributed by atoms with E-state index in [0.29, 0.717) is 0 Å². The lowest BCUT2D eigenvalue weighted by Crippen LogP contribution is -1.86. The number of aromatic nitrogens is 4. The summed E-state index contributed by atoms with van der Waals surface area (Å²) in [6, 6.07) is 29.5. The van der Waals surface area contributed by atoms with E-state index in [0.717, 1.165) is 66.8 Å². The maximum atomic E-state index is 5.00. The lowest BCUT2D eigenvalue weighted by molar-refractivity contribution is 1.22. The molecule has 4 heterocycles. The van der Waals surface area contributed by atoms with E-state index in [4.69, 9.17) is 4.98 Å². The maximum absolute atomic E-state index is 5.00. The van der Waals surface area contributed by atoms with E-state index >= 15 is 0 Å². The fraction of sp³-hybridized carbons (Fsp3) is 0.0625. The second kappa shape index (κ2) is 9.16. The summed E-state index contributed by atoms with van der Waals surface area (Å²) < 4.78 is 0. The Morgan fingerprint density at radius 2 is 1.00 bits per heavy atom. The molecule has 1 aliphatic rings. The van der Waals surface area contributed by atoms with E-state index in [1.54, 1.807) is 0 Å². The number of hydrogen-bond acceptors (Lipinski definition) is 2. The van der Waals surface area contributed by atoms with Crippen LogP contribution < -0.4 is 0 Å². The monoisotopic (exact) mass is 466 g/mol. The van der Waals surface area contributed by atoms with Crippen LogP contribution in [0, 0.1) is 13.8 Å². The van der Waals surface area contributed by atoms with Crippen LogP contribution in [-0.2, 0) is 0 Å². The van der Waals surface area contributed by atoms with Crippen LogP contribution in [0.3, 0.4) is 0 Å². The summed E-state index contributed by atoms with van der Waals surface area (Å²) in [7, 11) is 0. The summed E-state index contributed by atoms with van der Waals surface area (Å²) in [6.07, 6.45) is 7.93. The van der Waals surface area contributed by atoms with Gasteiger partial charge in [0.15, 0.2) is 0 Å². The molecule has 36 heavy (non-hydrogen) atoms. The number of hydrogen-bond donors (Lipinski definition) is 2. The SMILES string of the molecule is Cc1cncc(C)c2ccc([nH]2)c(-c2ccccc2)c2ccc([nH]2)c(-c2ccccc2)c2nc1C=C2. The van der Waals surface area contributed by atoms with Crippen molar-refractivity contribution in [2.24, 2.45) is 0 Å². The number of nitrogens with one attached hydrogen (secondary N) is 2. The molecular weight excluding hydrogens is 440 g/mol. The summed E-state index contributed by atoms with van der Waals surface area (Å²) in [5.41, 5.74) is 12.5. The Labute approximate surface area is 210 Å². The second-order valence-corrected chi connectivity index (χ2v) is 9.04. The third-order valence-corrected chi connectivity index (χ3v) is 6.57. The first kappa shape index (κ1) is 21.8. The van der Waals surface area contributed by atoms with Crippen molar-refractivity contribution in [2.45, 2.75) is 13.8 Å². The number of benzene rings is 2. The molecule has 6 rings (SSSR count).